The molecule has 3 atom stereocenters. The van der Waals surface area contributed by atoms with Gasteiger partial charge in [-0.15, -0.1) is 0 Å². The molecule has 3 nitrogen and oxygen atoms in total. The fourth-order valence-corrected chi connectivity index (χ4v) is 5.80. The molecular weight excluding hydrogens is 487 g/mol. The van der Waals surface area contributed by atoms with E-state index in [0.717, 1.165) is 28.7 Å². The van der Waals surface area contributed by atoms with Gasteiger partial charge in [-0.1, -0.05) is 71.2 Å². The van der Waals surface area contributed by atoms with Crippen molar-refractivity contribution in [1.29, 1.82) is 5.26 Å². The quantitative estimate of drug-likeness (QED) is 0.370. The highest BCUT2D eigenvalue weighted by atomic mass is 35.5. The monoisotopic (exact) mass is 506 g/mol. The van der Waals surface area contributed by atoms with Gasteiger partial charge in [-0.3, -0.25) is 4.79 Å². The van der Waals surface area contributed by atoms with E-state index in [1.165, 1.54) is 0 Å². The summed E-state index contributed by atoms with van der Waals surface area (Å²) >= 11 is 18.9. The first-order valence-electron chi connectivity index (χ1n) is 11.1. The average molecular weight is 508 g/mol. The molecule has 0 bridgehead atoms. The zero-order valence-corrected chi connectivity index (χ0v) is 20.5. The van der Waals surface area contributed by atoms with Gasteiger partial charge in [0, 0.05) is 34.1 Å². The largest absolute Gasteiger partial charge is 0.338 e. The van der Waals surface area contributed by atoms with E-state index in [0.29, 0.717) is 33.7 Å². The Morgan fingerprint density at radius 3 is 2.32 bits per heavy atom. The van der Waals surface area contributed by atoms with Crippen molar-refractivity contribution < 1.29 is 4.79 Å². The van der Waals surface area contributed by atoms with Crippen LogP contribution in [0.2, 0.25) is 15.1 Å². The minimum absolute atomic E-state index is 0.0508. The molecule has 0 spiro atoms. The van der Waals surface area contributed by atoms with Crippen LogP contribution < -0.4 is 0 Å². The standard InChI is InChI=1S/C28H21Cl3N2O/c29-21-7-5-19(6-8-21)24-13-25-20(11-26(24)23-10-9-22(30)12-27(23)31)16-33(28(25)34)15-18-3-1-17(14-32)2-4-18/h1-10,12-13,20,25-26H,11,15-16H2/t20-,25-,26-/m0/s1. The summed E-state index contributed by atoms with van der Waals surface area (Å²) in [6.45, 7) is 1.23. The van der Waals surface area contributed by atoms with E-state index < -0.39 is 0 Å². The molecule has 0 saturated carbocycles. The van der Waals surface area contributed by atoms with E-state index in [1.54, 1.807) is 18.2 Å². The van der Waals surface area contributed by atoms with Crippen molar-refractivity contribution in [2.45, 2.75) is 18.9 Å². The summed E-state index contributed by atoms with van der Waals surface area (Å²) in [6, 6.07) is 22.9. The fraction of sp³-hybridized carbons (Fsp3) is 0.214. The van der Waals surface area contributed by atoms with Crippen LogP contribution in [0.15, 0.2) is 72.8 Å². The minimum Gasteiger partial charge on any atom is -0.338 e. The first-order valence-corrected chi connectivity index (χ1v) is 12.3. The van der Waals surface area contributed by atoms with Gasteiger partial charge in [0.05, 0.1) is 17.6 Å². The van der Waals surface area contributed by atoms with Crippen molar-refractivity contribution >= 4 is 46.3 Å². The van der Waals surface area contributed by atoms with Gasteiger partial charge in [-0.2, -0.15) is 5.26 Å². The third-order valence-corrected chi connectivity index (χ3v) is 7.62. The molecule has 1 aliphatic carbocycles. The third kappa shape index (κ3) is 4.46. The molecule has 0 aromatic heterocycles. The second-order valence-corrected chi connectivity index (χ2v) is 10.2. The number of carbonyl (C=O) groups is 1. The van der Waals surface area contributed by atoms with E-state index in [1.807, 2.05) is 53.4 Å². The SMILES string of the molecule is N#Cc1ccc(CN2C[C@@H]3C[C@@H](c4ccc(Cl)cc4Cl)C(c4ccc(Cl)cc4)=C[C@@H]3C2=O)cc1. The molecule has 3 aromatic rings. The Bertz CT molecular complexity index is 1310. The number of likely N-dealkylation sites (tertiary alicyclic amines) is 1. The highest BCUT2D eigenvalue weighted by Gasteiger charge is 2.44. The highest BCUT2D eigenvalue weighted by molar-refractivity contribution is 6.35. The number of amides is 1. The molecule has 1 heterocycles. The van der Waals surface area contributed by atoms with Gasteiger partial charge in [0.25, 0.3) is 0 Å². The zero-order chi connectivity index (χ0) is 23.8. The minimum atomic E-state index is -0.175. The van der Waals surface area contributed by atoms with E-state index >= 15 is 0 Å². The van der Waals surface area contributed by atoms with Crippen LogP contribution in [0, 0.1) is 23.2 Å². The lowest BCUT2D eigenvalue weighted by atomic mass is 9.71. The maximum atomic E-state index is 13.4. The number of benzene rings is 3. The van der Waals surface area contributed by atoms with E-state index in [-0.39, 0.29) is 23.7 Å². The van der Waals surface area contributed by atoms with Gasteiger partial charge < -0.3 is 4.90 Å². The highest BCUT2D eigenvalue weighted by Crippen LogP contribution is 2.49. The molecule has 2 aliphatic rings. The van der Waals surface area contributed by atoms with Crippen LogP contribution in [0.4, 0.5) is 0 Å². The van der Waals surface area contributed by atoms with Gasteiger partial charge in [-0.25, -0.2) is 0 Å². The van der Waals surface area contributed by atoms with E-state index in [9.17, 15) is 4.79 Å². The maximum Gasteiger partial charge on any atom is 0.230 e. The van der Waals surface area contributed by atoms with Crippen molar-refractivity contribution in [2.75, 3.05) is 6.54 Å². The summed E-state index contributed by atoms with van der Waals surface area (Å²) < 4.78 is 0. The molecule has 1 aliphatic heterocycles. The van der Waals surface area contributed by atoms with Crippen molar-refractivity contribution in [3.05, 3.63) is 110 Å². The number of halogens is 3. The van der Waals surface area contributed by atoms with Crippen molar-refractivity contribution in [3.63, 3.8) is 0 Å². The van der Waals surface area contributed by atoms with Crippen LogP contribution in [-0.2, 0) is 11.3 Å². The lowest BCUT2D eigenvalue weighted by Gasteiger charge is -2.31. The number of hydrogen-bond donors (Lipinski definition) is 0. The lowest BCUT2D eigenvalue weighted by Crippen LogP contribution is -2.26. The number of carbonyl (C=O) groups excluding carboxylic acids is 1. The Hall–Kier alpha value is -2.77. The molecule has 6 heteroatoms. The lowest BCUT2D eigenvalue weighted by molar-refractivity contribution is -0.130. The molecule has 1 saturated heterocycles. The average Bonchev–Trinajstić information content (AvgIpc) is 3.13. The molecule has 0 radical (unpaired) electrons. The summed E-state index contributed by atoms with van der Waals surface area (Å²) in [7, 11) is 0. The topological polar surface area (TPSA) is 44.1 Å². The summed E-state index contributed by atoms with van der Waals surface area (Å²) in [5.41, 5.74) is 4.78. The third-order valence-electron chi connectivity index (χ3n) is 6.80. The first-order chi connectivity index (χ1) is 16.4. The Morgan fingerprint density at radius 2 is 1.65 bits per heavy atom. The smallest absolute Gasteiger partial charge is 0.230 e. The van der Waals surface area contributed by atoms with Crippen LogP contribution >= 0.6 is 34.8 Å². The van der Waals surface area contributed by atoms with E-state index in [2.05, 4.69) is 12.1 Å². The van der Waals surface area contributed by atoms with Gasteiger partial charge in [0.1, 0.15) is 0 Å². The van der Waals surface area contributed by atoms with Crippen LogP contribution in [0.3, 0.4) is 0 Å². The summed E-state index contributed by atoms with van der Waals surface area (Å²) in [4.78, 5) is 15.3. The van der Waals surface area contributed by atoms with Crippen molar-refractivity contribution in [3.8, 4) is 6.07 Å². The summed E-state index contributed by atoms with van der Waals surface area (Å²) in [5.74, 6) is 0.210. The number of nitrogens with zero attached hydrogens (tertiary/aromatic N) is 2. The van der Waals surface area contributed by atoms with Gasteiger partial charge >= 0.3 is 0 Å². The van der Waals surface area contributed by atoms with E-state index in [4.69, 9.17) is 40.1 Å². The van der Waals surface area contributed by atoms with Gasteiger partial charge in [0.15, 0.2) is 0 Å². The molecule has 0 N–H and O–H groups in total. The van der Waals surface area contributed by atoms with Gasteiger partial charge in [0.2, 0.25) is 5.91 Å². The second-order valence-electron chi connectivity index (χ2n) is 8.90. The molecular formula is C28H21Cl3N2O. The molecule has 3 aromatic carbocycles. The predicted molar refractivity (Wildman–Crippen MR) is 137 cm³/mol. The Kier molecular flexibility index (Phi) is 6.40. The number of rotatable bonds is 4. The van der Waals surface area contributed by atoms with Crippen LogP contribution in [0.25, 0.3) is 5.57 Å². The summed E-state index contributed by atoms with van der Waals surface area (Å²) in [5, 5.41) is 10.9. The number of hydrogen-bond acceptors (Lipinski definition) is 2. The Balaban J connectivity index is 1.48. The first kappa shape index (κ1) is 23.0. The Morgan fingerprint density at radius 1 is 0.941 bits per heavy atom. The van der Waals surface area contributed by atoms with Crippen LogP contribution in [0.5, 0.6) is 0 Å². The second kappa shape index (κ2) is 9.47. The van der Waals surface area contributed by atoms with Crippen LogP contribution in [0.1, 0.15) is 34.6 Å². The molecule has 1 fully saturated rings. The maximum absolute atomic E-state index is 13.4. The van der Waals surface area contributed by atoms with Gasteiger partial charge in [-0.05, 0) is 71.0 Å². The molecule has 170 valence electrons. The number of allylic oxidation sites excluding steroid dienone is 1. The molecule has 5 rings (SSSR count). The number of fused-ring (bicyclic) bond motifs is 1. The molecule has 34 heavy (non-hydrogen) atoms. The number of nitriles is 1. The fourth-order valence-electron chi connectivity index (χ4n) is 5.13. The van der Waals surface area contributed by atoms with Crippen molar-refractivity contribution in [2.24, 2.45) is 11.8 Å². The van der Waals surface area contributed by atoms with Crippen molar-refractivity contribution in [1.82, 2.24) is 4.90 Å². The normalized spacial score (nSPS) is 21.7. The molecule has 1 amide bonds. The summed E-state index contributed by atoms with van der Waals surface area (Å²) in [6.07, 6.45) is 2.95. The Labute approximate surface area is 214 Å². The van der Waals surface area contributed by atoms with Crippen LogP contribution in [-0.4, -0.2) is 17.4 Å². The predicted octanol–water partition coefficient (Wildman–Crippen LogP) is 7.36. The zero-order valence-electron chi connectivity index (χ0n) is 18.2. The molecule has 0 unspecified atom stereocenters.